The maximum absolute atomic E-state index is 11.9. The first-order valence-corrected chi connectivity index (χ1v) is 6.86. The molecule has 3 rings (SSSR count). The molecular weight excluding hydrogens is 268 g/mol. The highest BCUT2D eigenvalue weighted by atomic mass is 16.6. The third-order valence-electron chi connectivity index (χ3n) is 3.16. The van der Waals surface area contributed by atoms with Gasteiger partial charge in [-0.25, -0.2) is 0 Å². The first-order valence-electron chi connectivity index (χ1n) is 6.86. The summed E-state index contributed by atoms with van der Waals surface area (Å²) in [5.74, 6) is 1.40. The molecule has 1 aromatic heterocycles. The Hall–Kier alpha value is -2.56. The standard InChI is InChI=1S/C16H16N2O3/c19-16(18-11-13-3-1-2-6-17-13)10-12-4-5-14-15(9-12)21-8-7-20-14/h1-6,9H,7-8,10-11H2,(H,18,19). The Morgan fingerprint density at radius 2 is 2.00 bits per heavy atom. The minimum absolute atomic E-state index is 0.0441. The molecule has 1 aromatic carbocycles. The van der Waals surface area contributed by atoms with Crippen molar-refractivity contribution in [3.05, 3.63) is 53.9 Å². The predicted octanol–water partition coefficient (Wildman–Crippen LogP) is 1.71. The molecule has 0 saturated carbocycles. The van der Waals surface area contributed by atoms with E-state index in [4.69, 9.17) is 9.47 Å². The third kappa shape index (κ3) is 3.51. The number of amides is 1. The molecule has 21 heavy (non-hydrogen) atoms. The molecule has 0 radical (unpaired) electrons. The van der Waals surface area contributed by atoms with Crippen LogP contribution in [-0.4, -0.2) is 24.1 Å². The normalized spacial score (nSPS) is 12.8. The Bertz CT molecular complexity index is 629. The highest BCUT2D eigenvalue weighted by molar-refractivity contribution is 5.78. The van der Waals surface area contributed by atoms with Crippen LogP contribution in [-0.2, 0) is 17.8 Å². The Morgan fingerprint density at radius 3 is 2.81 bits per heavy atom. The molecular formula is C16H16N2O3. The SMILES string of the molecule is O=C(Cc1ccc2c(c1)OCCO2)NCc1ccccn1. The number of nitrogens with one attached hydrogen (secondary N) is 1. The van der Waals surface area contributed by atoms with Crippen molar-refractivity contribution in [2.24, 2.45) is 0 Å². The van der Waals surface area contributed by atoms with Crippen molar-refractivity contribution in [1.82, 2.24) is 10.3 Å². The zero-order chi connectivity index (χ0) is 14.5. The fourth-order valence-electron chi connectivity index (χ4n) is 2.14. The van der Waals surface area contributed by atoms with Crippen molar-refractivity contribution in [1.29, 1.82) is 0 Å². The second kappa shape index (κ2) is 6.26. The lowest BCUT2D eigenvalue weighted by atomic mass is 10.1. The summed E-state index contributed by atoms with van der Waals surface area (Å²) in [5.41, 5.74) is 1.74. The number of benzene rings is 1. The monoisotopic (exact) mass is 284 g/mol. The van der Waals surface area contributed by atoms with Crippen LogP contribution < -0.4 is 14.8 Å². The van der Waals surface area contributed by atoms with E-state index in [1.807, 2.05) is 36.4 Å². The van der Waals surface area contributed by atoms with Gasteiger partial charge in [0.05, 0.1) is 18.7 Å². The summed E-state index contributed by atoms with van der Waals surface area (Å²) in [6.45, 7) is 1.55. The number of carbonyl (C=O) groups excluding carboxylic acids is 1. The van der Waals surface area contributed by atoms with E-state index in [1.54, 1.807) is 6.20 Å². The quantitative estimate of drug-likeness (QED) is 0.928. The van der Waals surface area contributed by atoms with Gasteiger partial charge < -0.3 is 14.8 Å². The largest absolute Gasteiger partial charge is 0.486 e. The molecule has 0 bridgehead atoms. The number of carbonyl (C=O) groups is 1. The molecule has 0 unspecified atom stereocenters. The lowest BCUT2D eigenvalue weighted by Gasteiger charge is -2.18. The van der Waals surface area contributed by atoms with Crippen molar-refractivity contribution >= 4 is 5.91 Å². The summed E-state index contributed by atoms with van der Waals surface area (Å²) in [5, 5.41) is 2.85. The van der Waals surface area contributed by atoms with Gasteiger partial charge in [0.15, 0.2) is 11.5 Å². The molecule has 1 amide bonds. The number of aromatic nitrogens is 1. The molecule has 5 heteroatoms. The summed E-state index contributed by atoms with van der Waals surface area (Å²) < 4.78 is 11.0. The zero-order valence-corrected chi connectivity index (χ0v) is 11.5. The first kappa shape index (κ1) is 13.4. The molecule has 0 atom stereocenters. The smallest absolute Gasteiger partial charge is 0.224 e. The van der Waals surface area contributed by atoms with Gasteiger partial charge in [0.1, 0.15) is 13.2 Å². The van der Waals surface area contributed by atoms with Crippen LogP contribution in [0, 0.1) is 0 Å². The van der Waals surface area contributed by atoms with Crippen LogP contribution in [0.3, 0.4) is 0 Å². The minimum Gasteiger partial charge on any atom is -0.486 e. The second-order valence-electron chi connectivity index (χ2n) is 4.75. The zero-order valence-electron chi connectivity index (χ0n) is 11.5. The van der Waals surface area contributed by atoms with Gasteiger partial charge in [-0.3, -0.25) is 9.78 Å². The molecule has 2 aromatic rings. The molecule has 0 aliphatic carbocycles. The fourth-order valence-corrected chi connectivity index (χ4v) is 2.14. The van der Waals surface area contributed by atoms with Gasteiger partial charge in [-0.1, -0.05) is 12.1 Å². The molecule has 108 valence electrons. The summed E-state index contributed by atoms with van der Waals surface area (Å²) in [7, 11) is 0. The Balaban J connectivity index is 1.57. The van der Waals surface area contributed by atoms with Crippen LogP contribution in [0.4, 0.5) is 0 Å². The molecule has 0 spiro atoms. The Kier molecular flexibility index (Phi) is 4.00. The maximum Gasteiger partial charge on any atom is 0.224 e. The number of hydrogen-bond donors (Lipinski definition) is 1. The summed E-state index contributed by atoms with van der Waals surface area (Å²) >= 11 is 0. The molecule has 0 saturated heterocycles. The van der Waals surface area contributed by atoms with Crippen LogP contribution >= 0.6 is 0 Å². The highest BCUT2D eigenvalue weighted by Crippen LogP contribution is 2.30. The molecule has 1 aliphatic heterocycles. The van der Waals surface area contributed by atoms with Gasteiger partial charge in [0.2, 0.25) is 5.91 Å². The summed E-state index contributed by atoms with van der Waals surface area (Å²) in [6.07, 6.45) is 2.02. The lowest BCUT2D eigenvalue weighted by molar-refractivity contribution is -0.120. The summed E-state index contributed by atoms with van der Waals surface area (Å²) in [6, 6.07) is 11.2. The van der Waals surface area contributed by atoms with E-state index in [0.29, 0.717) is 31.9 Å². The van der Waals surface area contributed by atoms with Gasteiger partial charge >= 0.3 is 0 Å². The number of pyridine rings is 1. The van der Waals surface area contributed by atoms with Gasteiger partial charge in [-0.2, -0.15) is 0 Å². The highest BCUT2D eigenvalue weighted by Gasteiger charge is 2.13. The van der Waals surface area contributed by atoms with Gasteiger partial charge in [-0.15, -0.1) is 0 Å². The summed E-state index contributed by atoms with van der Waals surface area (Å²) in [4.78, 5) is 16.1. The van der Waals surface area contributed by atoms with E-state index < -0.39 is 0 Å². The maximum atomic E-state index is 11.9. The molecule has 1 N–H and O–H groups in total. The Morgan fingerprint density at radius 1 is 1.14 bits per heavy atom. The van der Waals surface area contributed by atoms with Gasteiger partial charge in [-0.05, 0) is 29.8 Å². The minimum atomic E-state index is -0.0441. The number of fused-ring (bicyclic) bond motifs is 1. The number of hydrogen-bond acceptors (Lipinski definition) is 4. The molecule has 5 nitrogen and oxygen atoms in total. The van der Waals surface area contributed by atoms with Gasteiger partial charge in [0, 0.05) is 6.20 Å². The van der Waals surface area contributed by atoms with Gasteiger partial charge in [0.25, 0.3) is 0 Å². The van der Waals surface area contributed by atoms with Crippen molar-refractivity contribution in [3.8, 4) is 11.5 Å². The number of nitrogens with zero attached hydrogens (tertiary/aromatic N) is 1. The topological polar surface area (TPSA) is 60.5 Å². The molecule has 0 fully saturated rings. The Labute approximate surface area is 122 Å². The van der Waals surface area contributed by atoms with Crippen molar-refractivity contribution in [2.45, 2.75) is 13.0 Å². The second-order valence-corrected chi connectivity index (χ2v) is 4.75. The average Bonchev–Trinajstić information content (AvgIpc) is 2.54. The third-order valence-corrected chi connectivity index (χ3v) is 3.16. The van der Waals surface area contributed by atoms with E-state index in [1.165, 1.54) is 0 Å². The van der Waals surface area contributed by atoms with Crippen molar-refractivity contribution in [3.63, 3.8) is 0 Å². The number of ether oxygens (including phenoxy) is 2. The van der Waals surface area contributed by atoms with E-state index in [2.05, 4.69) is 10.3 Å². The van der Waals surface area contributed by atoms with Crippen LogP contribution in [0.5, 0.6) is 11.5 Å². The average molecular weight is 284 g/mol. The predicted molar refractivity (Wildman–Crippen MR) is 77.2 cm³/mol. The van der Waals surface area contributed by atoms with E-state index >= 15 is 0 Å². The van der Waals surface area contributed by atoms with E-state index in [-0.39, 0.29) is 5.91 Å². The van der Waals surface area contributed by atoms with Crippen molar-refractivity contribution < 1.29 is 14.3 Å². The molecule has 1 aliphatic rings. The lowest BCUT2D eigenvalue weighted by Crippen LogP contribution is -2.25. The van der Waals surface area contributed by atoms with Crippen molar-refractivity contribution in [2.75, 3.05) is 13.2 Å². The van der Waals surface area contributed by atoms with Crippen LogP contribution in [0.15, 0.2) is 42.6 Å². The van der Waals surface area contributed by atoms with Crippen LogP contribution in [0.1, 0.15) is 11.3 Å². The van der Waals surface area contributed by atoms with E-state index in [0.717, 1.165) is 17.0 Å². The van der Waals surface area contributed by atoms with E-state index in [9.17, 15) is 4.79 Å². The fraction of sp³-hybridized carbons (Fsp3) is 0.250. The first-order chi connectivity index (χ1) is 10.3. The number of rotatable bonds is 4. The molecule has 2 heterocycles. The van der Waals surface area contributed by atoms with Crippen LogP contribution in [0.25, 0.3) is 0 Å². The van der Waals surface area contributed by atoms with Crippen LogP contribution in [0.2, 0.25) is 0 Å².